The van der Waals surface area contributed by atoms with Crippen molar-refractivity contribution in [3.8, 4) is 17.0 Å². The number of ether oxygens (including phenoxy) is 1. The summed E-state index contributed by atoms with van der Waals surface area (Å²) in [7, 11) is 1.74. The molecule has 8 heteroatoms. The van der Waals surface area contributed by atoms with Crippen molar-refractivity contribution in [2.24, 2.45) is 7.05 Å². The first-order valence-electron chi connectivity index (χ1n) is 8.51. The number of hydrogen-bond donors (Lipinski definition) is 1. The molecule has 27 heavy (non-hydrogen) atoms. The van der Waals surface area contributed by atoms with Gasteiger partial charge >= 0.3 is 0 Å². The Morgan fingerprint density at radius 1 is 1.30 bits per heavy atom. The number of Topliss-reactive ketones (excluding diaryl/α,β-unsaturated/α-hetero) is 1. The van der Waals surface area contributed by atoms with Crippen molar-refractivity contribution in [1.82, 2.24) is 14.8 Å². The molecule has 0 unspecified atom stereocenters. The molecule has 3 aromatic rings. The molecule has 1 amide bonds. The van der Waals surface area contributed by atoms with Crippen molar-refractivity contribution in [1.29, 1.82) is 0 Å². The number of nitrogens with one attached hydrogen (secondary N) is 1. The third-order valence-corrected chi connectivity index (χ3v) is 5.41. The molecule has 138 valence electrons. The Morgan fingerprint density at radius 2 is 2.11 bits per heavy atom. The van der Waals surface area contributed by atoms with Gasteiger partial charge in [0.25, 0.3) is 11.7 Å². The Balaban J connectivity index is 1.52. The van der Waals surface area contributed by atoms with Crippen LogP contribution < -0.4 is 10.1 Å². The molecule has 0 atom stereocenters. The van der Waals surface area contributed by atoms with E-state index in [4.69, 9.17) is 4.74 Å². The normalized spacial score (nSPS) is 12.6. The highest BCUT2D eigenvalue weighted by atomic mass is 32.1. The van der Waals surface area contributed by atoms with Crippen LogP contribution >= 0.6 is 11.3 Å². The van der Waals surface area contributed by atoms with Crippen LogP contribution in [0.15, 0.2) is 23.6 Å². The van der Waals surface area contributed by atoms with E-state index in [-0.39, 0.29) is 0 Å². The molecule has 2 aromatic heterocycles. The number of anilines is 1. The molecule has 0 saturated heterocycles. The molecule has 1 N–H and O–H groups in total. The lowest BCUT2D eigenvalue weighted by molar-refractivity contribution is -0.112. The van der Waals surface area contributed by atoms with Gasteiger partial charge in [-0.1, -0.05) is 0 Å². The number of amides is 1. The van der Waals surface area contributed by atoms with Crippen molar-refractivity contribution in [3.05, 3.63) is 46.1 Å². The van der Waals surface area contributed by atoms with Gasteiger partial charge < -0.3 is 4.74 Å². The van der Waals surface area contributed by atoms with Crippen molar-refractivity contribution in [2.75, 3.05) is 11.9 Å². The van der Waals surface area contributed by atoms with Gasteiger partial charge in [-0.05, 0) is 37.6 Å². The molecule has 0 fully saturated rings. The first-order valence-corrected chi connectivity index (χ1v) is 9.39. The topological polar surface area (TPSA) is 86.1 Å². The summed E-state index contributed by atoms with van der Waals surface area (Å²) in [6, 6.07) is 5.93. The molecule has 4 rings (SSSR count). The molecule has 1 aliphatic heterocycles. The van der Waals surface area contributed by atoms with Crippen LogP contribution in [0.3, 0.4) is 0 Å². The van der Waals surface area contributed by atoms with E-state index in [9.17, 15) is 9.59 Å². The molecule has 0 saturated carbocycles. The summed E-state index contributed by atoms with van der Waals surface area (Å²) in [5.41, 5.74) is 4.41. The number of aromatic nitrogens is 3. The molecule has 0 radical (unpaired) electrons. The monoisotopic (exact) mass is 382 g/mol. The molecule has 0 bridgehead atoms. The van der Waals surface area contributed by atoms with E-state index in [1.807, 2.05) is 17.5 Å². The molecular formula is C19H18N4O3S. The van der Waals surface area contributed by atoms with Gasteiger partial charge in [0, 0.05) is 30.1 Å². The van der Waals surface area contributed by atoms with E-state index < -0.39 is 11.7 Å². The Morgan fingerprint density at radius 3 is 2.85 bits per heavy atom. The number of ketones is 1. The molecule has 0 spiro atoms. The summed E-state index contributed by atoms with van der Waals surface area (Å²) in [6.45, 7) is 4.18. The first kappa shape index (κ1) is 17.4. The van der Waals surface area contributed by atoms with E-state index in [1.54, 1.807) is 25.6 Å². The maximum absolute atomic E-state index is 12.5. The van der Waals surface area contributed by atoms with Crippen molar-refractivity contribution < 1.29 is 14.3 Å². The number of carbonyl (C=O) groups excluding carboxylic acids is 2. The summed E-state index contributed by atoms with van der Waals surface area (Å²) in [6.07, 6.45) is 0.884. The van der Waals surface area contributed by atoms with Crippen LogP contribution in [-0.4, -0.2) is 33.1 Å². The number of hydrogen-bond acceptors (Lipinski definition) is 6. The highest BCUT2D eigenvalue weighted by molar-refractivity contribution is 7.14. The fourth-order valence-corrected chi connectivity index (χ4v) is 3.89. The maximum atomic E-state index is 12.5. The molecule has 3 heterocycles. The summed E-state index contributed by atoms with van der Waals surface area (Å²) in [5, 5.41) is 9.04. The van der Waals surface area contributed by atoms with E-state index in [1.165, 1.54) is 11.3 Å². The Kier molecular flexibility index (Phi) is 4.27. The lowest BCUT2D eigenvalue weighted by Gasteiger charge is -2.03. The molecule has 7 nitrogen and oxygen atoms in total. The predicted octanol–water partition coefficient (Wildman–Crippen LogP) is 2.92. The Bertz CT molecular complexity index is 1070. The van der Waals surface area contributed by atoms with Gasteiger partial charge in [0.15, 0.2) is 5.13 Å². The summed E-state index contributed by atoms with van der Waals surface area (Å²) in [4.78, 5) is 29.3. The second-order valence-corrected chi connectivity index (χ2v) is 7.27. The number of nitrogens with zero attached hydrogens (tertiary/aromatic N) is 3. The highest BCUT2D eigenvalue weighted by Crippen LogP contribution is 2.32. The van der Waals surface area contributed by atoms with Crippen LogP contribution in [0, 0.1) is 13.8 Å². The van der Waals surface area contributed by atoms with E-state index >= 15 is 0 Å². The van der Waals surface area contributed by atoms with Crippen LogP contribution in [0.4, 0.5) is 5.13 Å². The lowest BCUT2D eigenvalue weighted by Crippen LogP contribution is -2.23. The fourth-order valence-electron chi connectivity index (χ4n) is 3.18. The first-order chi connectivity index (χ1) is 12.9. The van der Waals surface area contributed by atoms with Crippen LogP contribution in [0.25, 0.3) is 11.3 Å². The minimum atomic E-state index is -0.711. The smallest absolute Gasteiger partial charge is 0.298 e. The third-order valence-electron chi connectivity index (χ3n) is 4.65. The average molecular weight is 382 g/mol. The zero-order valence-corrected chi connectivity index (χ0v) is 16.0. The largest absolute Gasteiger partial charge is 0.493 e. The number of thiazole rings is 1. The Labute approximate surface area is 160 Å². The summed E-state index contributed by atoms with van der Waals surface area (Å²) >= 11 is 1.28. The molecule has 0 aliphatic carbocycles. The second kappa shape index (κ2) is 6.62. The number of fused-ring (bicyclic) bond motifs is 1. The molecule has 1 aromatic carbocycles. The molecular weight excluding hydrogens is 364 g/mol. The van der Waals surface area contributed by atoms with Crippen LogP contribution in [0.1, 0.15) is 27.3 Å². The minimum Gasteiger partial charge on any atom is -0.493 e. The van der Waals surface area contributed by atoms with Crippen molar-refractivity contribution in [3.63, 3.8) is 0 Å². The van der Waals surface area contributed by atoms with Crippen LogP contribution in [-0.2, 0) is 18.3 Å². The van der Waals surface area contributed by atoms with Gasteiger partial charge in [-0.15, -0.1) is 11.3 Å². The van der Waals surface area contributed by atoms with Crippen LogP contribution in [0.2, 0.25) is 0 Å². The van der Waals surface area contributed by atoms with E-state index in [0.29, 0.717) is 28.7 Å². The quantitative estimate of drug-likeness (QED) is 0.554. The predicted molar refractivity (Wildman–Crippen MR) is 102 cm³/mol. The van der Waals surface area contributed by atoms with Gasteiger partial charge in [-0.25, -0.2) is 4.98 Å². The van der Waals surface area contributed by atoms with Crippen LogP contribution in [0.5, 0.6) is 5.75 Å². The standard InChI is InChI=1S/C19H18N4O3S/c1-10-16(11(2)23(3)22-10)17(24)18(25)21-19-20-14(9-27-19)12-4-5-15-13(8-12)6-7-26-15/h4-5,8-9H,6-7H2,1-3H3,(H,20,21,25). The summed E-state index contributed by atoms with van der Waals surface area (Å²) in [5.74, 6) is -0.405. The number of carbonyl (C=O) groups is 2. The highest BCUT2D eigenvalue weighted by Gasteiger charge is 2.24. The van der Waals surface area contributed by atoms with Crippen molar-refractivity contribution in [2.45, 2.75) is 20.3 Å². The summed E-state index contributed by atoms with van der Waals surface area (Å²) < 4.78 is 7.11. The third kappa shape index (κ3) is 3.12. The average Bonchev–Trinajstić information content (AvgIpc) is 3.34. The zero-order valence-electron chi connectivity index (χ0n) is 15.2. The van der Waals surface area contributed by atoms with E-state index in [2.05, 4.69) is 21.5 Å². The van der Waals surface area contributed by atoms with Gasteiger partial charge in [0.2, 0.25) is 0 Å². The van der Waals surface area contributed by atoms with Gasteiger partial charge in [0.1, 0.15) is 5.75 Å². The molecule has 1 aliphatic rings. The zero-order chi connectivity index (χ0) is 19.1. The maximum Gasteiger partial charge on any atom is 0.298 e. The van der Waals surface area contributed by atoms with Gasteiger partial charge in [-0.3, -0.25) is 19.6 Å². The minimum absolute atomic E-state index is 0.338. The van der Waals surface area contributed by atoms with Gasteiger partial charge in [-0.2, -0.15) is 5.10 Å². The Hall–Kier alpha value is -3.00. The second-order valence-electron chi connectivity index (χ2n) is 6.41. The SMILES string of the molecule is Cc1nn(C)c(C)c1C(=O)C(=O)Nc1nc(-c2ccc3c(c2)CCO3)cs1. The lowest BCUT2D eigenvalue weighted by atomic mass is 10.1. The van der Waals surface area contributed by atoms with Gasteiger partial charge in [0.05, 0.1) is 23.6 Å². The number of aryl methyl sites for hydroxylation is 2. The van der Waals surface area contributed by atoms with Crippen molar-refractivity contribution >= 4 is 28.2 Å². The van der Waals surface area contributed by atoms with E-state index in [0.717, 1.165) is 29.0 Å². The number of rotatable bonds is 4. The number of benzene rings is 1. The fraction of sp³-hybridized carbons (Fsp3) is 0.263.